The Morgan fingerprint density at radius 3 is 0.600 bits per heavy atom. The molecular weight excluding hydrogens is 915 g/mol. The standard InChI is InChI=1S/C71H143NO3/c1-3-5-7-9-11-13-15-17-19-21-23-25-27-29-31-33-34-35-36-37-39-41-43-45-47-49-51-53-55-57-59-61-63-65-67-71(75)72-69(68-73)70(74)66-64-62-60-58-56-54-52-50-48-46-44-42-40-38-32-30-28-26-24-22-20-18-16-14-12-10-8-6-4-2/h69-70,73-74H,3-68H2,1-2H3,(H,72,75). The summed E-state index contributed by atoms with van der Waals surface area (Å²) in [5, 5.41) is 23.5. The van der Waals surface area contributed by atoms with Crippen LogP contribution in [0.15, 0.2) is 0 Å². The van der Waals surface area contributed by atoms with Gasteiger partial charge in [0.1, 0.15) is 0 Å². The first-order valence-electron chi connectivity index (χ1n) is 35.7. The van der Waals surface area contributed by atoms with Gasteiger partial charge in [-0.1, -0.05) is 412 Å². The first kappa shape index (κ1) is 74.4. The Morgan fingerprint density at radius 1 is 0.267 bits per heavy atom. The molecule has 0 radical (unpaired) electrons. The molecule has 0 aliphatic heterocycles. The summed E-state index contributed by atoms with van der Waals surface area (Å²) < 4.78 is 0. The molecule has 0 aromatic heterocycles. The molecule has 0 heterocycles. The molecule has 0 rings (SSSR count). The van der Waals surface area contributed by atoms with Crippen LogP contribution in [0.1, 0.15) is 431 Å². The van der Waals surface area contributed by atoms with Crippen LogP contribution in [0.2, 0.25) is 0 Å². The maximum Gasteiger partial charge on any atom is 0.220 e. The Bertz CT molecular complexity index is 1020. The molecule has 0 fully saturated rings. The van der Waals surface area contributed by atoms with Crippen molar-refractivity contribution in [1.82, 2.24) is 5.32 Å². The first-order valence-corrected chi connectivity index (χ1v) is 35.7. The van der Waals surface area contributed by atoms with Gasteiger partial charge in [-0.3, -0.25) is 4.79 Å². The van der Waals surface area contributed by atoms with E-state index in [0.717, 1.165) is 25.7 Å². The van der Waals surface area contributed by atoms with Gasteiger partial charge in [0.05, 0.1) is 18.8 Å². The van der Waals surface area contributed by atoms with E-state index >= 15 is 0 Å². The third-order valence-electron chi connectivity index (χ3n) is 17.4. The van der Waals surface area contributed by atoms with Gasteiger partial charge in [-0.15, -0.1) is 0 Å². The zero-order valence-corrected chi connectivity index (χ0v) is 52.1. The van der Waals surface area contributed by atoms with Crippen LogP contribution >= 0.6 is 0 Å². The highest BCUT2D eigenvalue weighted by atomic mass is 16.3. The minimum atomic E-state index is -0.657. The molecular formula is C71H143NO3. The van der Waals surface area contributed by atoms with Crippen molar-refractivity contribution in [2.24, 2.45) is 0 Å². The number of unbranched alkanes of at least 4 members (excludes halogenated alkanes) is 61. The van der Waals surface area contributed by atoms with Gasteiger partial charge in [0.25, 0.3) is 0 Å². The lowest BCUT2D eigenvalue weighted by Crippen LogP contribution is -2.45. The molecule has 0 spiro atoms. The van der Waals surface area contributed by atoms with Crippen molar-refractivity contribution in [2.75, 3.05) is 6.61 Å². The normalized spacial score (nSPS) is 12.5. The number of hydrogen-bond donors (Lipinski definition) is 3. The lowest BCUT2D eigenvalue weighted by Gasteiger charge is -2.22. The van der Waals surface area contributed by atoms with E-state index in [4.69, 9.17) is 0 Å². The molecule has 0 aromatic carbocycles. The van der Waals surface area contributed by atoms with Gasteiger partial charge in [-0.25, -0.2) is 0 Å². The molecule has 2 unspecified atom stereocenters. The summed E-state index contributed by atoms with van der Waals surface area (Å²) in [5.41, 5.74) is 0. The van der Waals surface area contributed by atoms with Crippen molar-refractivity contribution < 1.29 is 15.0 Å². The SMILES string of the molecule is CCCCCCCCCCCCCCCCCCCCCCCCCCCCCCCCCCCCC(=O)NC(CO)C(O)CCCCCCCCCCCCCCCCCCCCCCCCCCCCCCC. The number of nitrogens with one attached hydrogen (secondary N) is 1. The fourth-order valence-corrected chi connectivity index (χ4v) is 12.0. The van der Waals surface area contributed by atoms with Crippen molar-refractivity contribution in [1.29, 1.82) is 0 Å². The fraction of sp³-hybridized carbons (Fsp3) is 0.986. The number of carbonyl (C=O) groups is 1. The summed E-state index contributed by atoms with van der Waals surface area (Å²) in [6.45, 7) is 4.42. The van der Waals surface area contributed by atoms with Crippen LogP contribution in [0.4, 0.5) is 0 Å². The quantitative estimate of drug-likeness (QED) is 0.0532. The number of amides is 1. The monoisotopic (exact) mass is 1060 g/mol. The van der Waals surface area contributed by atoms with Gasteiger partial charge in [0.2, 0.25) is 5.91 Å². The smallest absolute Gasteiger partial charge is 0.220 e. The van der Waals surface area contributed by atoms with E-state index in [1.165, 1.54) is 379 Å². The maximum absolute atomic E-state index is 12.6. The van der Waals surface area contributed by atoms with E-state index in [0.29, 0.717) is 12.8 Å². The first-order chi connectivity index (χ1) is 37.2. The molecule has 1 amide bonds. The molecule has 450 valence electrons. The molecule has 4 nitrogen and oxygen atoms in total. The summed E-state index contributed by atoms with van der Waals surface area (Å²) in [6.07, 6.45) is 88.9. The maximum atomic E-state index is 12.6. The number of aliphatic hydroxyl groups is 2. The summed E-state index contributed by atoms with van der Waals surface area (Å²) in [5.74, 6) is -0.0189. The summed E-state index contributed by atoms with van der Waals surface area (Å²) in [6, 6.07) is -0.533. The van der Waals surface area contributed by atoms with Gasteiger partial charge in [0, 0.05) is 6.42 Å². The Labute approximate surface area is 474 Å². The minimum absolute atomic E-state index is 0.0189. The van der Waals surface area contributed by atoms with Gasteiger partial charge in [-0.2, -0.15) is 0 Å². The predicted molar refractivity (Wildman–Crippen MR) is 336 cm³/mol. The van der Waals surface area contributed by atoms with Gasteiger partial charge in [0.15, 0.2) is 0 Å². The van der Waals surface area contributed by atoms with Crippen molar-refractivity contribution in [2.45, 2.75) is 443 Å². The molecule has 0 bridgehead atoms. The van der Waals surface area contributed by atoms with E-state index in [2.05, 4.69) is 19.2 Å². The van der Waals surface area contributed by atoms with Gasteiger partial charge in [-0.05, 0) is 12.8 Å². The number of carbonyl (C=O) groups excluding carboxylic acids is 1. The van der Waals surface area contributed by atoms with Crippen LogP contribution < -0.4 is 5.32 Å². The van der Waals surface area contributed by atoms with E-state index in [9.17, 15) is 15.0 Å². The van der Waals surface area contributed by atoms with E-state index in [-0.39, 0.29) is 12.5 Å². The molecule has 0 aliphatic carbocycles. The van der Waals surface area contributed by atoms with E-state index in [1.54, 1.807) is 0 Å². The average Bonchev–Trinajstić information content (AvgIpc) is 3.41. The van der Waals surface area contributed by atoms with Crippen LogP contribution in [0.5, 0.6) is 0 Å². The van der Waals surface area contributed by atoms with Crippen LogP contribution in [0, 0.1) is 0 Å². The largest absolute Gasteiger partial charge is 0.394 e. The molecule has 0 saturated carbocycles. The molecule has 0 aliphatic rings. The molecule has 75 heavy (non-hydrogen) atoms. The highest BCUT2D eigenvalue weighted by molar-refractivity contribution is 5.76. The second-order valence-corrected chi connectivity index (χ2v) is 25.0. The second kappa shape index (κ2) is 67.7. The van der Waals surface area contributed by atoms with Crippen LogP contribution in [-0.4, -0.2) is 34.9 Å². The Kier molecular flexibility index (Phi) is 67.1. The lowest BCUT2D eigenvalue weighted by atomic mass is 10.0. The van der Waals surface area contributed by atoms with E-state index in [1.807, 2.05) is 0 Å². The topological polar surface area (TPSA) is 69.6 Å². The summed E-state index contributed by atoms with van der Waals surface area (Å²) in [7, 11) is 0. The molecule has 2 atom stereocenters. The van der Waals surface area contributed by atoms with Crippen LogP contribution in [-0.2, 0) is 4.79 Å². The highest BCUT2D eigenvalue weighted by Crippen LogP contribution is 2.20. The highest BCUT2D eigenvalue weighted by Gasteiger charge is 2.20. The van der Waals surface area contributed by atoms with Gasteiger partial charge >= 0.3 is 0 Å². The zero-order chi connectivity index (χ0) is 54.1. The lowest BCUT2D eigenvalue weighted by molar-refractivity contribution is -0.123. The minimum Gasteiger partial charge on any atom is -0.394 e. The second-order valence-electron chi connectivity index (χ2n) is 25.0. The van der Waals surface area contributed by atoms with Crippen LogP contribution in [0.3, 0.4) is 0 Å². The van der Waals surface area contributed by atoms with Crippen molar-refractivity contribution in [3.8, 4) is 0 Å². The van der Waals surface area contributed by atoms with Crippen LogP contribution in [0.25, 0.3) is 0 Å². The van der Waals surface area contributed by atoms with E-state index < -0.39 is 12.1 Å². The van der Waals surface area contributed by atoms with Gasteiger partial charge < -0.3 is 15.5 Å². The van der Waals surface area contributed by atoms with Crippen molar-refractivity contribution >= 4 is 5.91 Å². The van der Waals surface area contributed by atoms with Crippen molar-refractivity contribution in [3.05, 3.63) is 0 Å². The average molecular weight is 1060 g/mol. The number of rotatable bonds is 68. The number of aliphatic hydroxyl groups excluding tert-OH is 2. The Hall–Kier alpha value is -0.610. The number of hydrogen-bond acceptors (Lipinski definition) is 3. The fourth-order valence-electron chi connectivity index (χ4n) is 12.0. The Morgan fingerprint density at radius 2 is 0.427 bits per heavy atom. The predicted octanol–water partition coefficient (Wildman–Crippen LogP) is 24.2. The molecule has 4 heteroatoms. The zero-order valence-electron chi connectivity index (χ0n) is 52.1. The molecule has 3 N–H and O–H groups in total. The summed E-state index contributed by atoms with van der Waals surface area (Å²) >= 11 is 0. The summed E-state index contributed by atoms with van der Waals surface area (Å²) in [4.78, 5) is 12.6. The molecule has 0 saturated heterocycles. The Balaban J connectivity index is 3.35. The third kappa shape index (κ3) is 64.1. The van der Waals surface area contributed by atoms with Crippen molar-refractivity contribution in [3.63, 3.8) is 0 Å². The molecule has 0 aromatic rings. The third-order valence-corrected chi connectivity index (χ3v) is 17.4.